The van der Waals surface area contributed by atoms with Crippen molar-refractivity contribution in [2.24, 2.45) is 0 Å². The van der Waals surface area contributed by atoms with Crippen LogP contribution in [0.15, 0.2) is 41.3 Å². The summed E-state index contributed by atoms with van der Waals surface area (Å²) in [4.78, 5) is 12.0. The summed E-state index contributed by atoms with van der Waals surface area (Å²) in [5, 5.41) is 0. The van der Waals surface area contributed by atoms with Crippen LogP contribution in [0, 0.1) is 5.82 Å². The fourth-order valence-electron chi connectivity index (χ4n) is 2.76. The van der Waals surface area contributed by atoms with E-state index >= 15 is 0 Å². The number of benzene rings is 2. The molecule has 0 radical (unpaired) electrons. The Bertz CT molecular complexity index is 942. The van der Waals surface area contributed by atoms with Gasteiger partial charge in [0.25, 0.3) is 10.0 Å². The summed E-state index contributed by atoms with van der Waals surface area (Å²) in [6.45, 7) is -0.00581. The number of nitrogens with zero attached hydrogens (tertiary/aromatic N) is 1. The zero-order chi connectivity index (χ0) is 18.2. The molecule has 0 saturated heterocycles. The maximum Gasteiger partial charge on any atom is 0.264 e. The van der Waals surface area contributed by atoms with E-state index in [2.05, 4.69) is 0 Å². The Morgan fingerprint density at radius 3 is 2.44 bits per heavy atom. The maximum absolute atomic E-state index is 13.4. The number of ether oxygens (including phenoxy) is 2. The van der Waals surface area contributed by atoms with Crippen molar-refractivity contribution in [1.29, 1.82) is 0 Å². The van der Waals surface area contributed by atoms with Crippen LogP contribution in [-0.2, 0) is 10.0 Å². The molecule has 1 heterocycles. The standard InChI is InChI=1S/C17H16FNO5S/c1-23-16-6-4-12(10-17(16)24-2)25(21,22)19-8-7-15(20)13-9-11(18)3-5-14(13)19/h3-6,9-10H,7-8H2,1-2H3. The SMILES string of the molecule is COc1ccc(S(=O)(=O)N2CCC(=O)c3cc(F)ccc32)cc1OC. The first-order chi connectivity index (χ1) is 11.9. The minimum absolute atomic E-state index is 0.00484. The third-order valence-corrected chi connectivity index (χ3v) is 5.82. The van der Waals surface area contributed by atoms with E-state index in [1.807, 2.05) is 0 Å². The van der Waals surface area contributed by atoms with Crippen LogP contribution in [0.5, 0.6) is 11.5 Å². The van der Waals surface area contributed by atoms with Gasteiger partial charge < -0.3 is 9.47 Å². The van der Waals surface area contributed by atoms with Crippen molar-refractivity contribution < 1.29 is 27.1 Å². The van der Waals surface area contributed by atoms with Crippen LogP contribution < -0.4 is 13.8 Å². The summed E-state index contributed by atoms with van der Waals surface area (Å²) in [5.41, 5.74) is 0.239. The largest absolute Gasteiger partial charge is 0.493 e. The summed E-state index contributed by atoms with van der Waals surface area (Å²) >= 11 is 0. The van der Waals surface area contributed by atoms with Gasteiger partial charge in [0.1, 0.15) is 5.82 Å². The normalized spacial score (nSPS) is 14.2. The van der Waals surface area contributed by atoms with E-state index in [9.17, 15) is 17.6 Å². The first-order valence-corrected chi connectivity index (χ1v) is 8.90. The molecular formula is C17H16FNO5S. The minimum atomic E-state index is -3.95. The second-order valence-corrected chi connectivity index (χ2v) is 7.29. The topological polar surface area (TPSA) is 72.9 Å². The van der Waals surface area contributed by atoms with Crippen molar-refractivity contribution in [2.45, 2.75) is 11.3 Å². The van der Waals surface area contributed by atoms with Crippen LogP contribution in [0.4, 0.5) is 10.1 Å². The lowest BCUT2D eigenvalue weighted by Gasteiger charge is -2.29. The molecule has 0 amide bonds. The Morgan fingerprint density at radius 2 is 1.76 bits per heavy atom. The molecule has 0 atom stereocenters. The maximum atomic E-state index is 13.4. The van der Waals surface area contributed by atoms with E-state index in [1.54, 1.807) is 0 Å². The van der Waals surface area contributed by atoms with E-state index in [0.717, 1.165) is 16.4 Å². The predicted octanol–water partition coefficient (Wildman–Crippen LogP) is 2.62. The fourth-order valence-corrected chi connectivity index (χ4v) is 4.26. The average molecular weight is 365 g/mol. The number of methoxy groups -OCH3 is 2. The fraction of sp³-hybridized carbons (Fsp3) is 0.235. The van der Waals surface area contributed by atoms with Gasteiger partial charge in [0.2, 0.25) is 0 Å². The van der Waals surface area contributed by atoms with E-state index in [0.29, 0.717) is 5.75 Å². The zero-order valence-corrected chi connectivity index (χ0v) is 14.5. The molecule has 0 unspecified atom stereocenters. The first kappa shape index (κ1) is 17.2. The van der Waals surface area contributed by atoms with E-state index in [4.69, 9.17) is 9.47 Å². The monoisotopic (exact) mass is 365 g/mol. The predicted molar refractivity (Wildman–Crippen MR) is 89.4 cm³/mol. The molecule has 0 aliphatic carbocycles. The molecule has 0 saturated carbocycles. The molecule has 0 N–H and O–H groups in total. The molecule has 0 aromatic heterocycles. The molecule has 1 aliphatic rings. The van der Waals surface area contributed by atoms with Crippen LogP contribution in [0.3, 0.4) is 0 Å². The summed E-state index contributed by atoms with van der Waals surface area (Å²) < 4.78 is 50.9. The van der Waals surface area contributed by atoms with Gasteiger partial charge in [0, 0.05) is 24.6 Å². The molecule has 0 spiro atoms. The lowest BCUT2D eigenvalue weighted by molar-refractivity contribution is 0.0981. The molecule has 2 aromatic carbocycles. The molecule has 3 rings (SSSR count). The second-order valence-electron chi connectivity index (χ2n) is 5.43. The summed E-state index contributed by atoms with van der Waals surface area (Å²) in [6, 6.07) is 7.75. The Morgan fingerprint density at radius 1 is 1.04 bits per heavy atom. The molecule has 2 aromatic rings. The first-order valence-electron chi connectivity index (χ1n) is 7.46. The minimum Gasteiger partial charge on any atom is -0.493 e. The molecule has 0 fully saturated rings. The summed E-state index contributed by atoms with van der Waals surface area (Å²) in [5.74, 6) is -0.195. The third-order valence-electron chi connectivity index (χ3n) is 4.01. The molecule has 25 heavy (non-hydrogen) atoms. The number of fused-ring (bicyclic) bond motifs is 1. The number of ketones is 1. The number of carbonyl (C=O) groups is 1. The van der Waals surface area contributed by atoms with Gasteiger partial charge in [-0.15, -0.1) is 0 Å². The molecular weight excluding hydrogens is 349 g/mol. The number of hydrogen-bond donors (Lipinski definition) is 0. The Labute approximate surface area is 144 Å². The Balaban J connectivity index is 2.10. The van der Waals surface area contributed by atoms with Crippen LogP contribution >= 0.6 is 0 Å². The number of sulfonamides is 1. The molecule has 1 aliphatic heterocycles. The van der Waals surface area contributed by atoms with Gasteiger partial charge in [-0.3, -0.25) is 9.10 Å². The van der Waals surface area contributed by atoms with Crippen LogP contribution in [0.25, 0.3) is 0 Å². The molecule has 132 valence electrons. The van der Waals surface area contributed by atoms with Gasteiger partial charge in [-0.2, -0.15) is 0 Å². The van der Waals surface area contributed by atoms with Gasteiger partial charge >= 0.3 is 0 Å². The van der Waals surface area contributed by atoms with Crippen LogP contribution in [-0.4, -0.2) is 35.0 Å². The Hall–Kier alpha value is -2.61. The van der Waals surface area contributed by atoms with Gasteiger partial charge in [-0.1, -0.05) is 0 Å². The van der Waals surface area contributed by atoms with Gasteiger partial charge in [0.15, 0.2) is 17.3 Å². The van der Waals surface area contributed by atoms with Gasteiger partial charge in [-0.05, 0) is 30.3 Å². The highest BCUT2D eigenvalue weighted by Gasteiger charge is 2.33. The quantitative estimate of drug-likeness (QED) is 0.833. The van der Waals surface area contributed by atoms with Gasteiger partial charge in [0.05, 0.1) is 24.8 Å². The number of hydrogen-bond acceptors (Lipinski definition) is 5. The van der Waals surface area contributed by atoms with E-state index < -0.39 is 15.8 Å². The van der Waals surface area contributed by atoms with Crippen molar-refractivity contribution in [3.8, 4) is 11.5 Å². The molecule has 8 heteroatoms. The molecule has 0 bridgehead atoms. The highest BCUT2D eigenvalue weighted by molar-refractivity contribution is 7.92. The zero-order valence-electron chi connectivity index (χ0n) is 13.7. The second kappa shape index (κ2) is 6.36. The van der Waals surface area contributed by atoms with Crippen molar-refractivity contribution in [1.82, 2.24) is 0 Å². The third kappa shape index (κ3) is 2.93. The van der Waals surface area contributed by atoms with E-state index in [1.165, 1.54) is 38.5 Å². The molecule has 6 nitrogen and oxygen atoms in total. The van der Waals surface area contributed by atoms with Crippen molar-refractivity contribution in [2.75, 3.05) is 25.1 Å². The smallest absolute Gasteiger partial charge is 0.264 e. The number of carbonyl (C=O) groups excluding carboxylic acids is 1. The Kier molecular flexibility index (Phi) is 4.38. The number of rotatable bonds is 4. The summed E-state index contributed by atoms with van der Waals surface area (Å²) in [6.07, 6.45) is -0.0109. The highest BCUT2D eigenvalue weighted by atomic mass is 32.2. The van der Waals surface area contributed by atoms with Crippen molar-refractivity contribution >= 4 is 21.5 Å². The summed E-state index contributed by atoms with van der Waals surface area (Å²) in [7, 11) is -1.09. The van der Waals surface area contributed by atoms with E-state index in [-0.39, 0.29) is 40.6 Å². The van der Waals surface area contributed by atoms with Gasteiger partial charge in [-0.25, -0.2) is 12.8 Å². The lowest BCUT2D eigenvalue weighted by Crippen LogP contribution is -2.37. The van der Waals surface area contributed by atoms with Crippen molar-refractivity contribution in [3.63, 3.8) is 0 Å². The van der Waals surface area contributed by atoms with Crippen molar-refractivity contribution in [3.05, 3.63) is 47.8 Å². The number of anilines is 1. The lowest BCUT2D eigenvalue weighted by atomic mass is 10.0. The number of halogens is 1. The van der Waals surface area contributed by atoms with Crippen LogP contribution in [0.1, 0.15) is 16.8 Å². The average Bonchev–Trinajstić information content (AvgIpc) is 2.61. The van der Waals surface area contributed by atoms with Crippen LogP contribution in [0.2, 0.25) is 0 Å². The number of Topliss-reactive ketones (excluding diaryl/α,β-unsaturated/α-hetero) is 1. The highest BCUT2D eigenvalue weighted by Crippen LogP contribution is 2.35.